The molecule has 7 heteroatoms. The second kappa shape index (κ2) is 6.62. The Morgan fingerprint density at radius 3 is 2.70 bits per heavy atom. The van der Waals surface area contributed by atoms with Crippen molar-refractivity contribution < 1.29 is 13.7 Å². The molecule has 0 aliphatic heterocycles. The van der Waals surface area contributed by atoms with Gasteiger partial charge in [-0.1, -0.05) is 23.4 Å². The molecule has 1 atom stereocenters. The van der Waals surface area contributed by atoms with Gasteiger partial charge >= 0.3 is 6.03 Å². The van der Waals surface area contributed by atoms with E-state index in [4.69, 9.17) is 4.52 Å². The summed E-state index contributed by atoms with van der Waals surface area (Å²) in [4.78, 5) is 13.1. The van der Waals surface area contributed by atoms with Gasteiger partial charge in [0, 0.05) is 10.9 Å². The predicted octanol–water partition coefficient (Wildman–Crippen LogP) is 4.09. The van der Waals surface area contributed by atoms with E-state index in [2.05, 4.69) is 15.8 Å². The number of carbonyl (C=O) groups is 1. The van der Waals surface area contributed by atoms with Crippen molar-refractivity contribution in [3.63, 3.8) is 0 Å². The average molecular weight is 331 g/mol. The zero-order chi connectivity index (χ0) is 16.2. The predicted molar refractivity (Wildman–Crippen MR) is 86.0 cm³/mol. The number of thiophene rings is 1. The number of amides is 2. The number of nitrogens with one attached hydrogen (secondary N) is 2. The molecule has 0 bridgehead atoms. The van der Waals surface area contributed by atoms with Crippen LogP contribution in [0, 0.1) is 12.7 Å². The van der Waals surface area contributed by atoms with Gasteiger partial charge in [-0.2, -0.15) is 0 Å². The maximum absolute atomic E-state index is 13.1. The molecule has 23 heavy (non-hydrogen) atoms. The zero-order valence-electron chi connectivity index (χ0n) is 12.2. The third-order valence-electron chi connectivity index (χ3n) is 3.18. The molecule has 0 aliphatic rings. The molecule has 2 aromatic heterocycles. The normalized spacial score (nSPS) is 11.9. The minimum Gasteiger partial charge on any atom is -0.360 e. The summed E-state index contributed by atoms with van der Waals surface area (Å²) in [5, 5.41) is 11.1. The van der Waals surface area contributed by atoms with Crippen LogP contribution in [-0.4, -0.2) is 11.2 Å². The molecule has 5 nitrogen and oxygen atoms in total. The van der Waals surface area contributed by atoms with Gasteiger partial charge in [0.25, 0.3) is 0 Å². The smallest absolute Gasteiger partial charge is 0.321 e. The van der Waals surface area contributed by atoms with Crippen molar-refractivity contribution >= 4 is 23.2 Å². The van der Waals surface area contributed by atoms with Crippen molar-refractivity contribution in [1.82, 2.24) is 10.5 Å². The number of hydrogen-bond acceptors (Lipinski definition) is 4. The number of aryl methyl sites for hydroxylation is 1. The van der Waals surface area contributed by atoms with Crippen LogP contribution in [0.2, 0.25) is 0 Å². The molecule has 0 fully saturated rings. The Morgan fingerprint density at radius 2 is 2.09 bits per heavy atom. The first-order valence-electron chi connectivity index (χ1n) is 6.91. The highest BCUT2D eigenvalue weighted by molar-refractivity contribution is 7.10. The van der Waals surface area contributed by atoms with Crippen LogP contribution in [0.15, 0.2) is 52.4 Å². The fourth-order valence-corrected chi connectivity index (χ4v) is 2.94. The lowest BCUT2D eigenvalue weighted by molar-refractivity contribution is 0.250. The molecule has 1 aromatic carbocycles. The Kier molecular flexibility index (Phi) is 4.38. The largest absolute Gasteiger partial charge is 0.360 e. The number of benzene rings is 1. The molecule has 0 aliphatic carbocycles. The van der Waals surface area contributed by atoms with Crippen LogP contribution in [0.25, 0.3) is 0 Å². The van der Waals surface area contributed by atoms with Crippen molar-refractivity contribution in [1.29, 1.82) is 0 Å². The standard InChI is InChI=1S/C16H14FN3O2S/c1-10-9-14(20-22-10)18-16(21)19-15(13-3-2-8-23-13)11-4-6-12(17)7-5-11/h2-9,15H,1H3,(H2,18,19,20,21)/t15-/m1/s1. The lowest BCUT2D eigenvalue weighted by Gasteiger charge is -2.18. The van der Waals surface area contributed by atoms with Crippen molar-refractivity contribution in [3.05, 3.63) is 69.9 Å². The van der Waals surface area contributed by atoms with Crippen LogP contribution in [0.3, 0.4) is 0 Å². The zero-order valence-corrected chi connectivity index (χ0v) is 13.1. The Labute approximate surface area is 136 Å². The highest BCUT2D eigenvalue weighted by Crippen LogP contribution is 2.26. The SMILES string of the molecule is Cc1cc(NC(=O)N[C@H](c2ccc(F)cc2)c2cccs2)no1. The van der Waals surface area contributed by atoms with Gasteiger partial charge < -0.3 is 9.84 Å². The Balaban J connectivity index is 1.78. The van der Waals surface area contributed by atoms with E-state index in [1.54, 1.807) is 25.1 Å². The molecule has 0 unspecified atom stereocenters. The molecule has 3 aromatic rings. The first-order valence-corrected chi connectivity index (χ1v) is 7.79. The highest BCUT2D eigenvalue weighted by Gasteiger charge is 2.18. The van der Waals surface area contributed by atoms with Gasteiger partial charge in [0.2, 0.25) is 0 Å². The fraction of sp³-hybridized carbons (Fsp3) is 0.125. The van der Waals surface area contributed by atoms with Crippen molar-refractivity contribution in [2.45, 2.75) is 13.0 Å². The van der Waals surface area contributed by atoms with E-state index in [0.717, 1.165) is 10.4 Å². The summed E-state index contributed by atoms with van der Waals surface area (Å²) < 4.78 is 18.0. The summed E-state index contributed by atoms with van der Waals surface area (Å²) in [5.41, 5.74) is 0.792. The van der Waals surface area contributed by atoms with E-state index < -0.39 is 6.03 Å². The first kappa shape index (κ1) is 15.2. The number of rotatable bonds is 4. The second-order valence-corrected chi connectivity index (χ2v) is 5.90. The van der Waals surface area contributed by atoms with E-state index in [1.807, 2.05) is 17.5 Å². The van der Waals surface area contributed by atoms with E-state index in [0.29, 0.717) is 11.6 Å². The molecule has 0 saturated heterocycles. The number of urea groups is 1. The molecule has 118 valence electrons. The van der Waals surface area contributed by atoms with Crippen molar-refractivity contribution in [2.24, 2.45) is 0 Å². The summed E-state index contributed by atoms with van der Waals surface area (Å²) >= 11 is 1.51. The van der Waals surface area contributed by atoms with Crippen LogP contribution in [-0.2, 0) is 0 Å². The molecule has 2 heterocycles. The van der Waals surface area contributed by atoms with Crippen LogP contribution in [0.1, 0.15) is 22.2 Å². The molecule has 2 amide bonds. The molecule has 0 saturated carbocycles. The molecule has 2 N–H and O–H groups in total. The number of halogens is 1. The summed E-state index contributed by atoms with van der Waals surface area (Å²) in [6.45, 7) is 1.74. The summed E-state index contributed by atoms with van der Waals surface area (Å²) in [7, 11) is 0. The van der Waals surface area contributed by atoms with Crippen LogP contribution in [0.4, 0.5) is 15.0 Å². The number of anilines is 1. The fourth-order valence-electron chi connectivity index (χ4n) is 2.14. The van der Waals surface area contributed by atoms with E-state index in [1.165, 1.54) is 23.5 Å². The Bertz CT molecular complexity index is 784. The second-order valence-electron chi connectivity index (χ2n) is 4.92. The summed E-state index contributed by atoms with van der Waals surface area (Å²) in [6.07, 6.45) is 0. The third-order valence-corrected chi connectivity index (χ3v) is 4.11. The van der Waals surface area contributed by atoms with Gasteiger partial charge in [0.05, 0.1) is 6.04 Å². The summed E-state index contributed by atoms with van der Waals surface area (Å²) in [6, 6.07) is 10.7. The molecule has 3 rings (SSSR count). The van der Waals surface area contributed by atoms with Gasteiger partial charge in [0.15, 0.2) is 5.82 Å². The Hall–Kier alpha value is -2.67. The van der Waals surface area contributed by atoms with E-state index in [-0.39, 0.29) is 11.9 Å². The first-order chi connectivity index (χ1) is 11.1. The number of hydrogen-bond donors (Lipinski definition) is 2. The van der Waals surface area contributed by atoms with Gasteiger partial charge in [-0.05, 0) is 36.1 Å². The van der Waals surface area contributed by atoms with Crippen molar-refractivity contribution in [2.75, 3.05) is 5.32 Å². The molecular formula is C16H14FN3O2S. The van der Waals surface area contributed by atoms with Crippen molar-refractivity contribution in [3.8, 4) is 0 Å². The molecular weight excluding hydrogens is 317 g/mol. The van der Waals surface area contributed by atoms with E-state index >= 15 is 0 Å². The van der Waals surface area contributed by atoms with E-state index in [9.17, 15) is 9.18 Å². The molecule has 0 spiro atoms. The summed E-state index contributed by atoms with van der Waals surface area (Å²) in [5.74, 6) is 0.624. The lowest BCUT2D eigenvalue weighted by atomic mass is 10.1. The monoisotopic (exact) mass is 331 g/mol. The Morgan fingerprint density at radius 1 is 1.30 bits per heavy atom. The quantitative estimate of drug-likeness (QED) is 0.756. The number of carbonyl (C=O) groups excluding carboxylic acids is 1. The average Bonchev–Trinajstić information content (AvgIpc) is 3.18. The van der Waals surface area contributed by atoms with Crippen LogP contribution >= 0.6 is 11.3 Å². The lowest BCUT2D eigenvalue weighted by Crippen LogP contribution is -2.32. The molecule has 0 radical (unpaired) electrons. The maximum atomic E-state index is 13.1. The third kappa shape index (κ3) is 3.75. The van der Waals surface area contributed by atoms with Gasteiger partial charge in [-0.25, -0.2) is 9.18 Å². The topological polar surface area (TPSA) is 67.2 Å². The van der Waals surface area contributed by atoms with Crippen LogP contribution in [0.5, 0.6) is 0 Å². The van der Waals surface area contributed by atoms with Gasteiger partial charge in [-0.15, -0.1) is 11.3 Å². The maximum Gasteiger partial charge on any atom is 0.321 e. The minimum atomic E-state index is -0.416. The minimum absolute atomic E-state index is 0.318. The number of nitrogens with zero attached hydrogens (tertiary/aromatic N) is 1. The van der Waals surface area contributed by atoms with Crippen LogP contribution < -0.4 is 10.6 Å². The number of aromatic nitrogens is 1. The van der Waals surface area contributed by atoms with Gasteiger partial charge in [0.1, 0.15) is 11.6 Å². The highest BCUT2D eigenvalue weighted by atomic mass is 32.1. The van der Waals surface area contributed by atoms with Gasteiger partial charge in [-0.3, -0.25) is 5.32 Å².